The van der Waals surface area contributed by atoms with Crippen LogP contribution >= 0.6 is 11.6 Å². The molecule has 3 amide bonds. The number of rotatable bonds is 8. The van der Waals surface area contributed by atoms with Crippen molar-refractivity contribution in [1.29, 1.82) is 0 Å². The van der Waals surface area contributed by atoms with Crippen LogP contribution in [0.1, 0.15) is 24.2 Å². The first-order chi connectivity index (χ1) is 13.9. The number of hydrogen-bond donors (Lipinski definition) is 3. The summed E-state index contributed by atoms with van der Waals surface area (Å²) in [6.07, 6.45) is -0.853. The maximum atomic E-state index is 12.0. The van der Waals surface area contributed by atoms with E-state index in [9.17, 15) is 14.4 Å². The Morgan fingerprint density at radius 1 is 1.03 bits per heavy atom. The summed E-state index contributed by atoms with van der Waals surface area (Å²) < 4.78 is 10.8. The van der Waals surface area contributed by atoms with Crippen LogP contribution in [0.4, 0.5) is 0 Å². The third-order valence-electron chi connectivity index (χ3n) is 3.64. The highest BCUT2D eigenvalue weighted by atomic mass is 35.5. The normalized spacial score (nSPS) is 11.1. The molecule has 2 aromatic carbocycles. The summed E-state index contributed by atoms with van der Waals surface area (Å²) in [6, 6.07) is 13.1. The van der Waals surface area contributed by atoms with Crippen LogP contribution < -0.4 is 25.6 Å². The van der Waals surface area contributed by atoms with E-state index >= 15 is 0 Å². The second kappa shape index (κ2) is 10.9. The molecule has 0 aromatic heterocycles. The maximum Gasteiger partial charge on any atom is 0.279 e. The van der Waals surface area contributed by atoms with Gasteiger partial charge >= 0.3 is 0 Å². The van der Waals surface area contributed by atoms with Crippen molar-refractivity contribution in [2.24, 2.45) is 0 Å². The van der Waals surface area contributed by atoms with Crippen molar-refractivity contribution >= 4 is 29.3 Å². The van der Waals surface area contributed by atoms with Crippen LogP contribution in [0.15, 0.2) is 48.5 Å². The summed E-state index contributed by atoms with van der Waals surface area (Å²) in [5, 5.41) is 2.84. The first kappa shape index (κ1) is 22.0. The van der Waals surface area contributed by atoms with E-state index in [0.29, 0.717) is 28.7 Å². The van der Waals surface area contributed by atoms with Crippen LogP contribution in [0.5, 0.6) is 11.5 Å². The third kappa shape index (κ3) is 7.34. The topological polar surface area (TPSA) is 106 Å². The average molecular weight is 420 g/mol. The van der Waals surface area contributed by atoms with E-state index < -0.39 is 23.8 Å². The Morgan fingerprint density at radius 2 is 1.72 bits per heavy atom. The second-order valence-corrected chi connectivity index (χ2v) is 6.33. The fourth-order valence-corrected chi connectivity index (χ4v) is 2.40. The smallest absolute Gasteiger partial charge is 0.279 e. The Bertz CT molecular complexity index is 857. The number of halogens is 1. The molecule has 0 aliphatic heterocycles. The summed E-state index contributed by atoms with van der Waals surface area (Å²) in [7, 11) is 0. The molecule has 0 heterocycles. The van der Waals surface area contributed by atoms with Gasteiger partial charge in [0.1, 0.15) is 11.5 Å². The highest BCUT2D eigenvalue weighted by Gasteiger charge is 2.16. The minimum absolute atomic E-state index is 0.320. The summed E-state index contributed by atoms with van der Waals surface area (Å²) in [5.41, 5.74) is 4.79. The molecule has 2 rings (SSSR count). The van der Waals surface area contributed by atoms with Crippen molar-refractivity contribution in [2.75, 3.05) is 13.2 Å². The van der Waals surface area contributed by atoms with Gasteiger partial charge in [-0.2, -0.15) is 0 Å². The van der Waals surface area contributed by atoms with Gasteiger partial charge in [0.25, 0.3) is 17.7 Å². The van der Waals surface area contributed by atoms with Gasteiger partial charge in [0, 0.05) is 10.6 Å². The quantitative estimate of drug-likeness (QED) is 0.568. The first-order valence-corrected chi connectivity index (χ1v) is 9.28. The fourth-order valence-electron chi connectivity index (χ4n) is 2.21. The molecule has 1 unspecified atom stereocenters. The molecule has 0 aliphatic rings. The van der Waals surface area contributed by atoms with Gasteiger partial charge in [-0.05, 0) is 56.3 Å². The van der Waals surface area contributed by atoms with Crippen LogP contribution in [0.2, 0.25) is 5.02 Å². The number of benzene rings is 2. The zero-order valence-electron chi connectivity index (χ0n) is 16.0. The molecule has 0 radical (unpaired) electrons. The van der Waals surface area contributed by atoms with E-state index in [4.69, 9.17) is 21.1 Å². The van der Waals surface area contributed by atoms with Gasteiger partial charge < -0.3 is 14.8 Å². The molecule has 0 aliphatic carbocycles. The van der Waals surface area contributed by atoms with Gasteiger partial charge in [-0.1, -0.05) is 17.7 Å². The number of amides is 3. The second-order valence-electron chi connectivity index (χ2n) is 5.89. The minimum atomic E-state index is -0.853. The molecule has 3 N–H and O–H groups in total. The molecule has 154 valence electrons. The zero-order valence-corrected chi connectivity index (χ0v) is 16.8. The number of ether oxygens (including phenoxy) is 2. The first-order valence-electron chi connectivity index (χ1n) is 8.91. The standard InChI is InChI=1S/C20H22ClN3O5/c1-3-28-16-7-9-17(10-8-16)29-13(2)19(26)24-23-18(25)12-22-20(27)14-5-4-6-15(21)11-14/h4-11,13H,3,12H2,1-2H3,(H,22,27)(H,23,25)(H,24,26). The van der Waals surface area contributed by atoms with Gasteiger partial charge in [0.2, 0.25) is 0 Å². The average Bonchev–Trinajstić information content (AvgIpc) is 2.71. The fraction of sp³-hybridized carbons (Fsp3) is 0.250. The molecular weight excluding hydrogens is 398 g/mol. The molecule has 9 heteroatoms. The molecule has 8 nitrogen and oxygen atoms in total. The molecular formula is C20H22ClN3O5. The van der Waals surface area contributed by atoms with E-state index in [1.54, 1.807) is 49.4 Å². The Kier molecular flexibility index (Phi) is 8.29. The van der Waals surface area contributed by atoms with Gasteiger partial charge in [-0.15, -0.1) is 0 Å². The summed E-state index contributed by atoms with van der Waals surface area (Å²) in [5.74, 6) is -0.420. The van der Waals surface area contributed by atoms with Crippen LogP contribution in [0, 0.1) is 0 Å². The van der Waals surface area contributed by atoms with Crippen LogP contribution in [-0.2, 0) is 9.59 Å². The van der Waals surface area contributed by atoms with Gasteiger partial charge in [-0.3, -0.25) is 25.2 Å². The number of hydrogen-bond acceptors (Lipinski definition) is 5. The van der Waals surface area contributed by atoms with Crippen molar-refractivity contribution in [1.82, 2.24) is 16.2 Å². The summed E-state index contributed by atoms with van der Waals surface area (Å²) in [4.78, 5) is 35.8. The number of hydrazine groups is 1. The summed E-state index contributed by atoms with van der Waals surface area (Å²) in [6.45, 7) is 3.66. The molecule has 0 spiro atoms. The van der Waals surface area contributed by atoms with Crippen LogP contribution in [0.3, 0.4) is 0 Å². The number of carbonyl (C=O) groups is 3. The molecule has 0 bridgehead atoms. The Balaban J connectivity index is 1.73. The lowest BCUT2D eigenvalue weighted by Crippen LogP contribution is -2.50. The van der Waals surface area contributed by atoms with E-state index in [2.05, 4.69) is 16.2 Å². The monoisotopic (exact) mass is 419 g/mol. The highest BCUT2D eigenvalue weighted by molar-refractivity contribution is 6.30. The lowest BCUT2D eigenvalue weighted by molar-refractivity contribution is -0.132. The van der Waals surface area contributed by atoms with Crippen molar-refractivity contribution in [2.45, 2.75) is 20.0 Å². The van der Waals surface area contributed by atoms with Crippen molar-refractivity contribution < 1.29 is 23.9 Å². The highest BCUT2D eigenvalue weighted by Crippen LogP contribution is 2.18. The van der Waals surface area contributed by atoms with Gasteiger partial charge in [0.15, 0.2) is 6.10 Å². The molecule has 0 saturated carbocycles. The summed E-state index contributed by atoms with van der Waals surface area (Å²) >= 11 is 5.82. The number of carbonyl (C=O) groups excluding carboxylic acids is 3. The molecule has 29 heavy (non-hydrogen) atoms. The van der Waals surface area contributed by atoms with E-state index in [1.807, 2.05) is 6.92 Å². The minimum Gasteiger partial charge on any atom is -0.494 e. The van der Waals surface area contributed by atoms with Crippen molar-refractivity contribution in [3.05, 3.63) is 59.1 Å². The lowest BCUT2D eigenvalue weighted by atomic mass is 10.2. The molecule has 0 saturated heterocycles. The van der Waals surface area contributed by atoms with E-state index in [0.717, 1.165) is 0 Å². The molecule has 0 fully saturated rings. The lowest BCUT2D eigenvalue weighted by Gasteiger charge is -2.15. The molecule has 1 atom stereocenters. The van der Waals surface area contributed by atoms with Gasteiger partial charge in [-0.25, -0.2) is 0 Å². The van der Waals surface area contributed by atoms with E-state index in [-0.39, 0.29) is 6.54 Å². The van der Waals surface area contributed by atoms with Crippen LogP contribution in [-0.4, -0.2) is 37.0 Å². The predicted molar refractivity (Wildman–Crippen MR) is 108 cm³/mol. The third-order valence-corrected chi connectivity index (χ3v) is 3.87. The number of nitrogens with one attached hydrogen (secondary N) is 3. The largest absolute Gasteiger partial charge is 0.494 e. The molecule has 2 aromatic rings. The van der Waals surface area contributed by atoms with Crippen molar-refractivity contribution in [3.63, 3.8) is 0 Å². The van der Waals surface area contributed by atoms with Gasteiger partial charge in [0.05, 0.1) is 13.2 Å². The Morgan fingerprint density at radius 3 is 2.38 bits per heavy atom. The van der Waals surface area contributed by atoms with E-state index in [1.165, 1.54) is 6.07 Å². The van der Waals surface area contributed by atoms with Crippen LogP contribution in [0.25, 0.3) is 0 Å². The Labute approximate surface area is 173 Å². The SMILES string of the molecule is CCOc1ccc(OC(C)C(=O)NNC(=O)CNC(=O)c2cccc(Cl)c2)cc1. The van der Waals surface area contributed by atoms with Crippen molar-refractivity contribution in [3.8, 4) is 11.5 Å². The predicted octanol–water partition coefficient (Wildman–Crippen LogP) is 2.08. The zero-order chi connectivity index (χ0) is 21.2. The maximum absolute atomic E-state index is 12.0. The Hall–Kier alpha value is -3.26.